The number of nitrogens with one attached hydrogen (secondary N) is 1. The van der Waals surface area contributed by atoms with Gasteiger partial charge in [0.1, 0.15) is 0 Å². The maximum absolute atomic E-state index is 3.55. The minimum Gasteiger partial charge on any atom is -0.313 e. The Bertz CT molecular complexity index is 309. The van der Waals surface area contributed by atoms with Crippen molar-refractivity contribution in [2.75, 3.05) is 12.3 Å². The van der Waals surface area contributed by atoms with Crippen molar-refractivity contribution in [2.45, 2.75) is 38.6 Å². The first-order chi connectivity index (χ1) is 7.63. The van der Waals surface area contributed by atoms with Crippen molar-refractivity contribution in [3.05, 3.63) is 29.8 Å². The van der Waals surface area contributed by atoms with E-state index in [1.54, 1.807) is 0 Å². The molecular weight excluding hydrogens is 214 g/mol. The van der Waals surface area contributed by atoms with E-state index in [-0.39, 0.29) is 0 Å². The summed E-state index contributed by atoms with van der Waals surface area (Å²) in [6.45, 7) is 9.94. The van der Waals surface area contributed by atoms with E-state index < -0.39 is 0 Å². The number of hydrogen-bond acceptors (Lipinski definition) is 2. The van der Waals surface area contributed by atoms with Gasteiger partial charge in [0, 0.05) is 16.7 Å². The smallest absolute Gasteiger partial charge is 0.0184 e. The molecule has 0 radical (unpaired) electrons. The molecule has 0 amide bonds. The van der Waals surface area contributed by atoms with Crippen molar-refractivity contribution in [3.8, 4) is 0 Å². The van der Waals surface area contributed by atoms with Gasteiger partial charge < -0.3 is 5.32 Å². The highest BCUT2D eigenvalue weighted by molar-refractivity contribution is 7.99. The van der Waals surface area contributed by atoms with Gasteiger partial charge >= 0.3 is 0 Å². The highest BCUT2D eigenvalue weighted by atomic mass is 32.2. The van der Waals surface area contributed by atoms with E-state index in [1.807, 2.05) is 11.8 Å². The largest absolute Gasteiger partial charge is 0.313 e. The molecule has 90 valence electrons. The molecule has 1 aromatic rings. The maximum Gasteiger partial charge on any atom is 0.0184 e. The summed E-state index contributed by atoms with van der Waals surface area (Å²) in [6.07, 6.45) is 0. The average molecular weight is 237 g/mol. The summed E-state index contributed by atoms with van der Waals surface area (Å²) < 4.78 is 0. The molecule has 1 nitrogen and oxygen atoms in total. The third kappa shape index (κ3) is 4.58. The van der Waals surface area contributed by atoms with Crippen molar-refractivity contribution >= 4 is 11.8 Å². The molecule has 1 unspecified atom stereocenters. The zero-order valence-electron chi connectivity index (χ0n) is 10.8. The summed E-state index contributed by atoms with van der Waals surface area (Å²) in [5, 5.41) is 3.55. The van der Waals surface area contributed by atoms with E-state index in [0.717, 1.165) is 12.3 Å². The molecule has 0 aliphatic carbocycles. The number of benzene rings is 1. The van der Waals surface area contributed by atoms with Gasteiger partial charge in [-0.1, -0.05) is 38.5 Å². The average Bonchev–Trinajstić information content (AvgIpc) is 2.24. The Hall–Kier alpha value is -0.470. The van der Waals surface area contributed by atoms with Crippen molar-refractivity contribution < 1.29 is 0 Å². The molecule has 1 N–H and O–H groups in total. The van der Waals surface area contributed by atoms with Gasteiger partial charge in [0.25, 0.3) is 0 Å². The van der Waals surface area contributed by atoms with Crippen LogP contribution in [0.5, 0.6) is 0 Å². The first-order valence-electron chi connectivity index (χ1n) is 6.06. The summed E-state index contributed by atoms with van der Waals surface area (Å²) in [5.74, 6) is 1.84. The van der Waals surface area contributed by atoms with E-state index in [1.165, 1.54) is 10.5 Å². The molecule has 0 aromatic heterocycles. The van der Waals surface area contributed by atoms with Crippen LogP contribution >= 0.6 is 11.8 Å². The normalized spacial score (nSPS) is 13.1. The Morgan fingerprint density at radius 3 is 2.62 bits per heavy atom. The van der Waals surface area contributed by atoms with E-state index in [2.05, 4.69) is 57.3 Å². The fraction of sp³-hybridized carbons (Fsp3) is 0.571. The second kappa shape index (κ2) is 6.97. The summed E-state index contributed by atoms with van der Waals surface area (Å²) in [4.78, 5) is 1.38. The Balaban J connectivity index is 2.48. The van der Waals surface area contributed by atoms with Gasteiger partial charge in [0.2, 0.25) is 0 Å². The van der Waals surface area contributed by atoms with Crippen LogP contribution in [0, 0.1) is 12.8 Å². The maximum atomic E-state index is 3.55. The molecule has 0 saturated carbocycles. The van der Waals surface area contributed by atoms with Gasteiger partial charge in [-0.15, -0.1) is 11.8 Å². The fourth-order valence-corrected chi connectivity index (χ4v) is 2.96. The molecule has 16 heavy (non-hydrogen) atoms. The number of thioether (sulfide) groups is 1. The second-order valence-electron chi connectivity index (χ2n) is 4.54. The summed E-state index contributed by atoms with van der Waals surface area (Å²) >= 11 is 1.95. The molecule has 0 aliphatic heterocycles. The van der Waals surface area contributed by atoms with Crippen molar-refractivity contribution in [2.24, 2.45) is 5.92 Å². The predicted molar refractivity (Wildman–Crippen MR) is 74.2 cm³/mol. The molecule has 0 bridgehead atoms. The molecule has 0 fully saturated rings. The van der Waals surface area contributed by atoms with Gasteiger partial charge in [0.05, 0.1) is 0 Å². The highest BCUT2D eigenvalue weighted by Gasteiger charge is 2.11. The molecule has 1 aromatic carbocycles. The standard InChI is InChI=1S/C14H23NS/c1-5-15-14(11(2)3)10-16-13-8-6-7-12(4)9-13/h6-9,11,14-15H,5,10H2,1-4H3. The number of rotatable bonds is 6. The van der Waals surface area contributed by atoms with Crippen LogP contribution in [0.1, 0.15) is 26.3 Å². The van der Waals surface area contributed by atoms with Crippen LogP contribution in [0.3, 0.4) is 0 Å². The monoisotopic (exact) mass is 237 g/mol. The van der Waals surface area contributed by atoms with Crippen LogP contribution in [0.4, 0.5) is 0 Å². The first kappa shape index (κ1) is 13.6. The van der Waals surface area contributed by atoms with E-state index in [9.17, 15) is 0 Å². The first-order valence-corrected chi connectivity index (χ1v) is 7.05. The van der Waals surface area contributed by atoms with Crippen molar-refractivity contribution in [1.82, 2.24) is 5.32 Å². The van der Waals surface area contributed by atoms with Crippen LogP contribution < -0.4 is 5.32 Å². The second-order valence-corrected chi connectivity index (χ2v) is 5.63. The molecule has 0 spiro atoms. The lowest BCUT2D eigenvalue weighted by molar-refractivity contribution is 0.443. The molecule has 2 heteroatoms. The molecule has 0 aliphatic rings. The summed E-state index contributed by atoms with van der Waals surface area (Å²) in [5.41, 5.74) is 1.34. The number of hydrogen-bond donors (Lipinski definition) is 1. The van der Waals surface area contributed by atoms with E-state index in [4.69, 9.17) is 0 Å². The predicted octanol–water partition coefficient (Wildman–Crippen LogP) is 3.72. The lowest BCUT2D eigenvalue weighted by Gasteiger charge is -2.21. The lowest BCUT2D eigenvalue weighted by atomic mass is 10.1. The Morgan fingerprint density at radius 2 is 2.06 bits per heavy atom. The SMILES string of the molecule is CCNC(CSc1cccc(C)c1)C(C)C. The van der Waals surface area contributed by atoms with Crippen molar-refractivity contribution in [1.29, 1.82) is 0 Å². The third-order valence-corrected chi connectivity index (χ3v) is 3.80. The minimum absolute atomic E-state index is 0.607. The molecule has 0 heterocycles. The van der Waals surface area contributed by atoms with Crippen LogP contribution in [0.15, 0.2) is 29.2 Å². The van der Waals surface area contributed by atoms with Crippen LogP contribution in [-0.4, -0.2) is 18.3 Å². The van der Waals surface area contributed by atoms with Crippen LogP contribution in [0.2, 0.25) is 0 Å². The van der Waals surface area contributed by atoms with E-state index >= 15 is 0 Å². The Kier molecular flexibility index (Phi) is 5.93. The topological polar surface area (TPSA) is 12.0 Å². The van der Waals surface area contributed by atoms with Gasteiger partial charge in [-0.2, -0.15) is 0 Å². The Labute approximate surface area is 104 Å². The fourth-order valence-electron chi connectivity index (χ4n) is 1.64. The zero-order chi connectivity index (χ0) is 12.0. The van der Waals surface area contributed by atoms with E-state index in [0.29, 0.717) is 12.0 Å². The van der Waals surface area contributed by atoms with Gasteiger partial charge in [-0.3, -0.25) is 0 Å². The number of aryl methyl sites for hydroxylation is 1. The summed E-state index contributed by atoms with van der Waals surface area (Å²) in [7, 11) is 0. The molecule has 0 saturated heterocycles. The van der Waals surface area contributed by atoms with Crippen molar-refractivity contribution in [3.63, 3.8) is 0 Å². The minimum atomic E-state index is 0.607. The zero-order valence-corrected chi connectivity index (χ0v) is 11.6. The Morgan fingerprint density at radius 1 is 1.31 bits per heavy atom. The molecule has 1 atom stereocenters. The van der Waals surface area contributed by atoms with Gasteiger partial charge in [0.15, 0.2) is 0 Å². The van der Waals surface area contributed by atoms with Gasteiger partial charge in [-0.25, -0.2) is 0 Å². The molecule has 1 rings (SSSR count). The van der Waals surface area contributed by atoms with Crippen LogP contribution in [0.25, 0.3) is 0 Å². The highest BCUT2D eigenvalue weighted by Crippen LogP contribution is 2.21. The van der Waals surface area contributed by atoms with Crippen LogP contribution in [-0.2, 0) is 0 Å². The third-order valence-electron chi connectivity index (χ3n) is 2.69. The molecular formula is C14H23NS. The quantitative estimate of drug-likeness (QED) is 0.757. The lowest BCUT2D eigenvalue weighted by Crippen LogP contribution is -2.35. The summed E-state index contributed by atoms with van der Waals surface area (Å²) in [6, 6.07) is 9.34. The van der Waals surface area contributed by atoms with Gasteiger partial charge in [-0.05, 0) is 31.5 Å².